The Morgan fingerprint density at radius 1 is 1.20 bits per heavy atom. The zero-order valence-corrected chi connectivity index (χ0v) is 14.2. The smallest absolute Gasteiger partial charge is 0.340 e. The van der Waals surface area contributed by atoms with Gasteiger partial charge in [0.2, 0.25) is 0 Å². The number of amides is 1. The van der Waals surface area contributed by atoms with Gasteiger partial charge < -0.3 is 20.1 Å². The van der Waals surface area contributed by atoms with E-state index in [-0.39, 0.29) is 11.6 Å². The Morgan fingerprint density at radius 2 is 2.00 bits per heavy atom. The third-order valence-electron chi connectivity index (χ3n) is 3.29. The number of carbonyl (C=O) groups is 2. The first-order chi connectivity index (χ1) is 12.2. The quantitative estimate of drug-likeness (QED) is 0.565. The molecule has 2 N–H and O–H groups in total. The zero-order valence-electron chi connectivity index (χ0n) is 14.2. The van der Waals surface area contributed by atoms with Crippen molar-refractivity contribution in [2.75, 3.05) is 32.2 Å². The second-order valence-electron chi connectivity index (χ2n) is 5.07. The summed E-state index contributed by atoms with van der Waals surface area (Å²) in [5.74, 6) is -0.698. The van der Waals surface area contributed by atoms with Crippen LogP contribution in [-0.4, -0.2) is 43.7 Å². The average molecular weight is 343 g/mol. The van der Waals surface area contributed by atoms with Gasteiger partial charge in [0, 0.05) is 25.5 Å². The number of anilines is 2. The molecular formula is C18H21N3O4. The van der Waals surface area contributed by atoms with Gasteiger partial charge in [0.15, 0.2) is 0 Å². The number of rotatable bonds is 8. The molecular weight excluding hydrogens is 322 g/mol. The largest absolute Gasteiger partial charge is 0.462 e. The monoisotopic (exact) mass is 343 g/mol. The van der Waals surface area contributed by atoms with Gasteiger partial charge in [-0.25, -0.2) is 4.79 Å². The van der Waals surface area contributed by atoms with Gasteiger partial charge in [0.05, 0.1) is 24.5 Å². The van der Waals surface area contributed by atoms with Crippen molar-refractivity contribution < 1.29 is 19.1 Å². The third kappa shape index (κ3) is 5.29. The Bertz CT molecular complexity index is 734. The van der Waals surface area contributed by atoms with E-state index in [1.165, 1.54) is 6.20 Å². The predicted molar refractivity (Wildman–Crippen MR) is 94.1 cm³/mol. The van der Waals surface area contributed by atoms with Crippen molar-refractivity contribution in [3.63, 3.8) is 0 Å². The van der Waals surface area contributed by atoms with Crippen molar-refractivity contribution in [3.05, 3.63) is 53.9 Å². The normalized spacial score (nSPS) is 10.2. The molecule has 1 heterocycles. The molecule has 2 rings (SSSR count). The second kappa shape index (κ2) is 9.39. The minimum Gasteiger partial charge on any atom is -0.462 e. The van der Waals surface area contributed by atoms with E-state index in [0.717, 1.165) is 0 Å². The lowest BCUT2D eigenvalue weighted by Crippen LogP contribution is -2.27. The van der Waals surface area contributed by atoms with Crippen LogP contribution in [0.1, 0.15) is 27.8 Å². The number of para-hydroxylation sites is 1. The first-order valence-corrected chi connectivity index (χ1v) is 7.92. The molecule has 0 aliphatic heterocycles. The molecule has 1 aromatic carbocycles. The van der Waals surface area contributed by atoms with Gasteiger partial charge in [-0.2, -0.15) is 0 Å². The molecule has 7 nitrogen and oxygen atoms in total. The van der Waals surface area contributed by atoms with Crippen LogP contribution in [-0.2, 0) is 9.47 Å². The van der Waals surface area contributed by atoms with Gasteiger partial charge in [-0.1, -0.05) is 12.1 Å². The topological polar surface area (TPSA) is 89.5 Å². The summed E-state index contributed by atoms with van der Waals surface area (Å²) in [6.07, 6.45) is 1.53. The summed E-state index contributed by atoms with van der Waals surface area (Å²) in [5.41, 5.74) is 1.93. The lowest BCUT2D eigenvalue weighted by atomic mass is 10.1. The number of carbonyl (C=O) groups excluding carboxylic acids is 2. The average Bonchev–Trinajstić information content (AvgIpc) is 2.63. The number of ether oxygens (including phenoxy) is 2. The molecule has 0 radical (unpaired) electrons. The van der Waals surface area contributed by atoms with Crippen LogP contribution >= 0.6 is 0 Å². The van der Waals surface area contributed by atoms with E-state index in [2.05, 4.69) is 15.6 Å². The molecule has 0 aliphatic carbocycles. The van der Waals surface area contributed by atoms with Gasteiger partial charge in [-0.3, -0.25) is 9.78 Å². The number of hydrogen-bond acceptors (Lipinski definition) is 6. The highest BCUT2D eigenvalue weighted by atomic mass is 16.5. The van der Waals surface area contributed by atoms with Gasteiger partial charge in [-0.15, -0.1) is 0 Å². The van der Waals surface area contributed by atoms with E-state index in [1.807, 2.05) is 6.07 Å². The molecule has 0 fully saturated rings. The van der Waals surface area contributed by atoms with Crippen LogP contribution in [0.5, 0.6) is 0 Å². The molecule has 0 bridgehead atoms. The molecule has 0 atom stereocenters. The molecule has 25 heavy (non-hydrogen) atoms. The van der Waals surface area contributed by atoms with Gasteiger partial charge in [-0.05, 0) is 31.2 Å². The van der Waals surface area contributed by atoms with Crippen molar-refractivity contribution in [1.82, 2.24) is 10.3 Å². The van der Waals surface area contributed by atoms with Crippen LogP contribution in [0.15, 0.2) is 42.6 Å². The molecule has 0 unspecified atom stereocenters. The number of methoxy groups -OCH3 is 1. The van der Waals surface area contributed by atoms with E-state index >= 15 is 0 Å². The number of benzene rings is 1. The number of nitrogens with one attached hydrogen (secondary N) is 2. The van der Waals surface area contributed by atoms with Crippen molar-refractivity contribution in [1.29, 1.82) is 0 Å². The molecule has 1 aromatic heterocycles. The number of pyridine rings is 1. The van der Waals surface area contributed by atoms with Crippen molar-refractivity contribution in [2.24, 2.45) is 0 Å². The zero-order chi connectivity index (χ0) is 18.1. The van der Waals surface area contributed by atoms with Crippen LogP contribution in [0.4, 0.5) is 11.4 Å². The van der Waals surface area contributed by atoms with E-state index in [4.69, 9.17) is 9.47 Å². The fourth-order valence-electron chi connectivity index (χ4n) is 2.12. The fourth-order valence-corrected chi connectivity index (χ4v) is 2.12. The Hall–Kier alpha value is -2.93. The summed E-state index contributed by atoms with van der Waals surface area (Å²) in [6, 6.07) is 10.4. The summed E-state index contributed by atoms with van der Waals surface area (Å²) < 4.78 is 9.95. The van der Waals surface area contributed by atoms with Crippen LogP contribution < -0.4 is 10.6 Å². The standard InChI is InChI=1S/C18H21N3O4/c1-3-25-18(23)14-6-4-5-7-15(14)21-13-8-9-19-16(12-13)17(22)20-10-11-24-2/h4-9,12H,3,10-11H2,1-2H3,(H,19,21)(H,20,22). The maximum Gasteiger partial charge on any atom is 0.340 e. The third-order valence-corrected chi connectivity index (χ3v) is 3.29. The Morgan fingerprint density at radius 3 is 2.76 bits per heavy atom. The van der Waals surface area contributed by atoms with Crippen LogP contribution in [0, 0.1) is 0 Å². The summed E-state index contributed by atoms with van der Waals surface area (Å²) >= 11 is 0. The first-order valence-electron chi connectivity index (χ1n) is 7.92. The molecule has 1 amide bonds. The number of esters is 1. The Labute approximate surface area is 146 Å². The number of nitrogens with zero attached hydrogens (tertiary/aromatic N) is 1. The first kappa shape index (κ1) is 18.4. The maximum absolute atomic E-state index is 12.1. The van der Waals surface area contributed by atoms with E-state index in [9.17, 15) is 9.59 Å². The summed E-state index contributed by atoms with van der Waals surface area (Å²) in [4.78, 5) is 28.1. The highest BCUT2D eigenvalue weighted by molar-refractivity contribution is 5.97. The van der Waals surface area contributed by atoms with Gasteiger partial charge >= 0.3 is 5.97 Å². The minimum atomic E-state index is -0.405. The molecule has 7 heteroatoms. The molecule has 0 saturated heterocycles. The number of hydrogen-bond donors (Lipinski definition) is 2. The van der Waals surface area contributed by atoms with Gasteiger partial charge in [0.1, 0.15) is 5.69 Å². The molecule has 0 saturated carbocycles. The lowest BCUT2D eigenvalue weighted by Gasteiger charge is -2.12. The van der Waals surface area contributed by atoms with Crippen LogP contribution in [0.2, 0.25) is 0 Å². The summed E-state index contributed by atoms with van der Waals surface area (Å²) in [6.45, 7) is 2.89. The molecule has 132 valence electrons. The Balaban J connectivity index is 2.15. The predicted octanol–water partition coefficient (Wildman–Crippen LogP) is 2.38. The molecule has 2 aromatic rings. The second-order valence-corrected chi connectivity index (χ2v) is 5.07. The van der Waals surface area contributed by atoms with Crippen molar-refractivity contribution >= 4 is 23.3 Å². The summed E-state index contributed by atoms with van der Waals surface area (Å²) in [7, 11) is 1.57. The van der Waals surface area contributed by atoms with Crippen LogP contribution in [0.25, 0.3) is 0 Å². The van der Waals surface area contributed by atoms with E-state index in [1.54, 1.807) is 44.4 Å². The SMILES string of the molecule is CCOC(=O)c1ccccc1Nc1ccnc(C(=O)NCCOC)c1. The molecule has 0 spiro atoms. The van der Waals surface area contributed by atoms with Crippen molar-refractivity contribution in [2.45, 2.75) is 6.92 Å². The van der Waals surface area contributed by atoms with Gasteiger partial charge in [0.25, 0.3) is 5.91 Å². The van der Waals surface area contributed by atoms with Crippen LogP contribution in [0.3, 0.4) is 0 Å². The highest BCUT2D eigenvalue weighted by Crippen LogP contribution is 2.21. The number of aromatic nitrogens is 1. The molecule has 0 aliphatic rings. The highest BCUT2D eigenvalue weighted by Gasteiger charge is 2.13. The lowest BCUT2D eigenvalue weighted by molar-refractivity contribution is 0.0527. The maximum atomic E-state index is 12.1. The summed E-state index contributed by atoms with van der Waals surface area (Å²) in [5, 5.41) is 5.84. The van der Waals surface area contributed by atoms with E-state index in [0.29, 0.717) is 36.7 Å². The Kier molecular flexibility index (Phi) is 6.91. The van der Waals surface area contributed by atoms with Crippen molar-refractivity contribution in [3.8, 4) is 0 Å². The van der Waals surface area contributed by atoms with E-state index < -0.39 is 5.97 Å². The minimum absolute atomic E-state index is 0.273. The fraction of sp³-hybridized carbons (Fsp3) is 0.278.